The summed E-state index contributed by atoms with van der Waals surface area (Å²) in [7, 11) is 3.84. The second kappa shape index (κ2) is 14.6. The predicted octanol–water partition coefficient (Wildman–Crippen LogP) is 4.59. The van der Waals surface area contributed by atoms with Gasteiger partial charge >= 0.3 is 0 Å². The largest absolute Gasteiger partial charge is 0.484 e. The Kier molecular flexibility index (Phi) is 10.7. The number of hydrogen-bond donors (Lipinski definition) is 0. The third-order valence-electron chi connectivity index (χ3n) is 7.17. The SMILES string of the molecule is Cc1cccc2c1N(C(=O)COc1ccccc1)CCCN(Cc1ccccc1)CCCN(C(=O)CN(C)C)C2. The van der Waals surface area contributed by atoms with Gasteiger partial charge in [0, 0.05) is 39.3 Å². The van der Waals surface area contributed by atoms with Gasteiger partial charge in [-0.1, -0.05) is 66.7 Å². The second-order valence-electron chi connectivity index (χ2n) is 10.8. The number of para-hydroxylation sites is 2. The molecule has 0 fully saturated rings. The second-order valence-corrected chi connectivity index (χ2v) is 10.8. The lowest BCUT2D eigenvalue weighted by molar-refractivity contribution is -0.132. The Morgan fingerprint density at radius 3 is 2.17 bits per heavy atom. The number of aryl methyl sites for hydroxylation is 1. The normalized spacial score (nSPS) is 15.2. The van der Waals surface area contributed by atoms with Crippen molar-refractivity contribution in [2.75, 3.05) is 58.3 Å². The molecule has 3 aromatic carbocycles. The Morgan fingerprint density at radius 2 is 1.48 bits per heavy atom. The fraction of sp³-hybridized carbons (Fsp3) is 0.394. The fourth-order valence-corrected chi connectivity index (χ4v) is 5.25. The van der Waals surface area contributed by atoms with Crippen molar-refractivity contribution in [1.82, 2.24) is 14.7 Å². The lowest BCUT2D eigenvalue weighted by Crippen LogP contribution is -2.42. The minimum atomic E-state index is -0.0859. The van der Waals surface area contributed by atoms with Gasteiger partial charge in [0.25, 0.3) is 5.91 Å². The summed E-state index contributed by atoms with van der Waals surface area (Å²) in [5, 5.41) is 0. The van der Waals surface area contributed by atoms with Gasteiger partial charge in [0.15, 0.2) is 6.61 Å². The summed E-state index contributed by atoms with van der Waals surface area (Å²) in [6.07, 6.45) is 1.72. The van der Waals surface area contributed by atoms with Crippen molar-refractivity contribution in [3.05, 3.63) is 95.6 Å². The van der Waals surface area contributed by atoms with Crippen LogP contribution in [0.1, 0.15) is 29.5 Å². The standard InChI is InChI=1S/C33H42N4O3/c1-27-13-10-16-29-24-36(31(38)25-34(2)3)21-11-19-35(23-28-14-6-4-7-15-28)20-12-22-37(33(27)29)32(39)26-40-30-17-8-5-9-18-30/h4-10,13-18H,11-12,19-26H2,1-3H3. The molecule has 1 heterocycles. The number of ether oxygens (including phenoxy) is 1. The first-order chi connectivity index (χ1) is 19.4. The number of rotatable bonds is 7. The molecular weight excluding hydrogens is 500 g/mol. The summed E-state index contributed by atoms with van der Waals surface area (Å²) in [5.74, 6) is 0.677. The van der Waals surface area contributed by atoms with Crippen molar-refractivity contribution in [1.29, 1.82) is 0 Å². The van der Waals surface area contributed by atoms with Crippen LogP contribution in [0, 0.1) is 6.92 Å². The molecule has 3 aromatic rings. The average Bonchev–Trinajstić information content (AvgIpc) is 2.94. The van der Waals surface area contributed by atoms with Gasteiger partial charge in [-0.3, -0.25) is 14.5 Å². The molecule has 0 saturated heterocycles. The van der Waals surface area contributed by atoms with Gasteiger partial charge in [-0.15, -0.1) is 0 Å². The molecular formula is C33H42N4O3. The molecule has 0 bridgehead atoms. The minimum Gasteiger partial charge on any atom is -0.484 e. The van der Waals surface area contributed by atoms with Gasteiger partial charge in [0.1, 0.15) is 5.75 Å². The van der Waals surface area contributed by atoms with Crippen molar-refractivity contribution in [3.8, 4) is 5.75 Å². The summed E-state index contributed by atoms with van der Waals surface area (Å²) < 4.78 is 5.88. The zero-order valence-electron chi connectivity index (χ0n) is 24.1. The zero-order valence-corrected chi connectivity index (χ0v) is 24.1. The van der Waals surface area contributed by atoms with Gasteiger partial charge in [-0.2, -0.15) is 0 Å². The first-order valence-electron chi connectivity index (χ1n) is 14.2. The lowest BCUT2D eigenvalue weighted by atomic mass is 10.0. The predicted molar refractivity (Wildman–Crippen MR) is 160 cm³/mol. The molecule has 0 spiro atoms. The molecule has 212 valence electrons. The van der Waals surface area contributed by atoms with Crippen LogP contribution in [-0.4, -0.2) is 79.9 Å². The Bertz CT molecular complexity index is 1230. The van der Waals surface area contributed by atoms with E-state index in [1.54, 1.807) is 0 Å². The Morgan fingerprint density at radius 1 is 0.800 bits per heavy atom. The molecule has 1 aliphatic heterocycles. The highest BCUT2D eigenvalue weighted by atomic mass is 16.5. The van der Waals surface area contributed by atoms with E-state index in [1.165, 1.54) is 5.56 Å². The first-order valence-corrected chi connectivity index (χ1v) is 14.2. The Balaban J connectivity index is 1.63. The van der Waals surface area contributed by atoms with Crippen LogP contribution in [0.3, 0.4) is 0 Å². The highest BCUT2D eigenvalue weighted by Crippen LogP contribution is 2.28. The number of benzene rings is 3. The molecule has 4 rings (SSSR count). The highest BCUT2D eigenvalue weighted by Gasteiger charge is 2.25. The number of amides is 2. The molecule has 0 N–H and O–H groups in total. The van der Waals surface area contributed by atoms with Crippen LogP contribution in [0.2, 0.25) is 0 Å². The maximum atomic E-state index is 13.7. The summed E-state index contributed by atoms with van der Waals surface area (Å²) >= 11 is 0. The van der Waals surface area contributed by atoms with E-state index in [9.17, 15) is 9.59 Å². The van der Waals surface area contributed by atoms with Crippen molar-refractivity contribution in [2.45, 2.75) is 32.9 Å². The van der Waals surface area contributed by atoms with E-state index in [0.717, 1.165) is 49.3 Å². The van der Waals surface area contributed by atoms with Gasteiger partial charge in [-0.25, -0.2) is 0 Å². The molecule has 0 unspecified atom stereocenters. The molecule has 40 heavy (non-hydrogen) atoms. The van der Waals surface area contributed by atoms with E-state index in [2.05, 4.69) is 29.2 Å². The first kappa shape index (κ1) is 29.3. The smallest absolute Gasteiger partial charge is 0.264 e. The van der Waals surface area contributed by atoms with Gasteiger partial charge in [-0.05, 0) is 62.7 Å². The molecule has 0 radical (unpaired) electrons. The average molecular weight is 543 g/mol. The lowest BCUT2D eigenvalue weighted by Gasteiger charge is -2.33. The van der Waals surface area contributed by atoms with Crippen molar-refractivity contribution < 1.29 is 14.3 Å². The van der Waals surface area contributed by atoms with Crippen LogP contribution < -0.4 is 9.64 Å². The van der Waals surface area contributed by atoms with Crippen LogP contribution in [0.25, 0.3) is 0 Å². The zero-order chi connectivity index (χ0) is 28.3. The van der Waals surface area contributed by atoms with Crippen LogP contribution in [0.5, 0.6) is 5.75 Å². The molecule has 0 atom stereocenters. The summed E-state index contributed by atoms with van der Waals surface area (Å²) in [6, 6.07) is 26.0. The minimum absolute atomic E-state index is 0.0468. The molecule has 0 aromatic heterocycles. The monoisotopic (exact) mass is 542 g/mol. The molecule has 1 aliphatic rings. The number of fused-ring (bicyclic) bond motifs is 1. The van der Waals surface area contributed by atoms with Gasteiger partial charge < -0.3 is 19.4 Å². The topological polar surface area (TPSA) is 56.3 Å². The number of anilines is 1. The molecule has 0 aliphatic carbocycles. The van der Waals surface area contributed by atoms with E-state index in [-0.39, 0.29) is 18.4 Å². The third kappa shape index (κ3) is 8.41. The molecule has 2 amide bonds. The summed E-state index contributed by atoms with van der Waals surface area (Å²) in [5.41, 5.74) is 4.16. The number of nitrogens with zero attached hydrogens (tertiary/aromatic N) is 4. The molecule has 7 nitrogen and oxygen atoms in total. The van der Waals surface area contributed by atoms with E-state index >= 15 is 0 Å². The van der Waals surface area contributed by atoms with Crippen LogP contribution in [-0.2, 0) is 22.7 Å². The summed E-state index contributed by atoms with van der Waals surface area (Å²) in [6.45, 7) is 6.62. The quantitative estimate of drug-likeness (QED) is 0.437. The van der Waals surface area contributed by atoms with Crippen molar-refractivity contribution in [2.24, 2.45) is 0 Å². The van der Waals surface area contributed by atoms with E-state index in [0.29, 0.717) is 31.9 Å². The number of carbonyl (C=O) groups is 2. The van der Waals surface area contributed by atoms with Gasteiger partial charge in [0.2, 0.25) is 5.91 Å². The van der Waals surface area contributed by atoms with Crippen LogP contribution in [0.4, 0.5) is 5.69 Å². The maximum absolute atomic E-state index is 13.7. The van der Waals surface area contributed by atoms with E-state index in [4.69, 9.17) is 4.74 Å². The van der Waals surface area contributed by atoms with E-state index < -0.39 is 0 Å². The van der Waals surface area contributed by atoms with E-state index in [1.807, 2.05) is 90.3 Å². The van der Waals surface area contributed by atoms with Crippen LogP contribution >= 0.6 is 0 Å². The third-order valence-corrected chi connectivity index (χ3v) is 7.17. The highest BCUT2D eigenvalue weighted by molar-refractivity contribution is 5.96. The number of likely N-dealkylation sites (N-methyl/N-ethyl adjacent to an activating group) is 1. The van der Waals surface area contributed by atoms with Crippen molar-refractivity contribution >= 4 is 17.5 Å². The number of hydrogen-bond acceptors (Lipinski definition) is 5. The number of carbonyl (C=O) groups excluding carboxylic acids is 2. The Labute approximate surface area is 238 Å². The Hall–Kier alpha value is -3.68. The molecule has 0 saturated carbocycles. The van der Waals surface area contributed by atoms with Gasteiger partial charge in [0.05, 0.1) is 12.2 Å². The van der Waals surface area contributed by atoms with Crippen LogP contribution in [0.15, 0.2) is 78.9 Å². The summed E-state index contributed by atoms with van der Waals surface area (Å²) in [4.78, 5) is 35.3. The molecule has 7 heteroatoms. The maximum Gasteiger partial charge on any atom is 0.264 e. The van der Waals surface area contributed by atoms with Crippen molar-refractivity contribution in [3.63, 3.8) is 0 Å². The fourth-order valence-electron chi connectivity index (χ4n) is 5.25.